The lowest BCUT2D eigenvalue weighted by Crippen LogP contribution is -2.56. The molecule has 2 amide bonds. The Bertz CT molecular complexity index is 652. The molecule has 1 aliphatic rings. The number of hydrogen-bond acceptors (Lipinski definition) is 4. The number of amides is 2. The molecule has 0 saturated carbocycles. The quantitative estimate of drug-likeness (QED) is 0.878. The number of carbonyl (C=O) groups excluding carboxylic acids is 2. The molecule has 1 heterocycles. The van der Waals surface area contributed by atoms with Crippen molar-refractivity contribution in [3.05, 3.63) is 29.8 Å². The molecule has 1 saturated heterocycles. The van der Waals surface area contributed by atoms with Crippen LogP contribution in [0.25, 0.3) is 0 Å². The number of benzene rings is 1. The predicted octanol–water partition coefficient (Wildman–Crippen LogP) is 0.441. The van der Waals surface area contributed by atoms with Crippen LogP contribution < -0.4 is 5.32 Å². The van der Waals surface area contributed by atoms with Crippen molar-refractivity contribution in [2.24, 2.45) is 0 Å². The maximum Gasteiger partial charge on any atom is 0.254 e. The molecule has 7 heteroatoms. The van der Waals surface area contributed by atoms with E-state index in [4.69, 9.17) is 0 Å². The fourth-order valence-electron chi connectivity index (χ4n) is 2.37. The summed E-state index contributed by atoms with van der Waals surface area (Å²) >= 11 is 0. The van der Waals surface area contributed by atoms with Crippen LogP contribution in [0.2, 0.25) is 0 Å². The third kappa shape index (κ3) is 3.24. The van der Waals surface area contributed by atoms with Gasteiger partial charge in [0, 0.05) is 24.9 Å². The van der Waals surface area contributed by atoms with Crippen molar-refractivity contribution in [1.29, 1.82) is 0 Å². The molecule has 0 bridgehead atoms. The molecule has 0 spiro atoms. The normalized spacial score (nSPS) is 19.2. The Hall–Kier alpha value is -1.89. The molecule has 0 radical (unpaired) electrons. The van der Waals surface area contributed by atoms with Gasteiger partial charge in [-0.05, 0) is 30.7 Å². The number of sulfone groups is 1. The van der Waals surface area contributed by atoms with Gasteiger partial charge in [0.15, 0.2) is 9.84 Å². The molecule has 0 aliphatic carbocycles. The number of hydrogen-bond donors (Lipinski definition) is 1. The van der Waals surface area contributed by atoms with E-state index in [0.717, 1.165) is 6.26 Å². The van der Waals surface area contributed by atoms with Gasteiger partial charge in [0.25, 0.3) is 5.91 Å². The molecule has 1 fully saturated rings. The molecule has 1 atom stereocenters. The Balaban J connectivity index is 2.25. The van der Waals surface area contributed by atoms with Gasteiger partial charge in [-0.15, -0.1) is 0 Å². The standard InChI is InChI=1S/C14H18N2O4S/c1-3-12-13(17)15-8-9-16(12)14(18)10-4-6-11(7-5-10)21(2,19)20/h4-7,12H,3,8-9H2,1-2H3,(H,15,17). The molecular weight excluding hydrogens is 292 g/mol. The highest BCUT2D eigenvalue weighted by atomic mass is 32.2. The van der Waals surface area contributed by atoms with E-state index in [0.29, 0.717) is 25.1 Å². The Morgan fingerprint density at radius 1 is 1.33 bits per heavy atom. The lowest BCUT2D eigenvalue weighted by molar-refractivity contribution is -0.127. The molecule has 1 aromatic rings. The SMILES string of the molecule is CCC1C(=O)NCCN1C(=O)c1ccc(S(C)(=O)=O)cc1. The van der Waals surface area contributed by atoms with Gasteiger partial charge in [-0.2, -0.15) is 0 Å². The minimum absolute atomic E-state index is 0.148. The molecular formula is C14H18N2O4S. The van der Waals surface area contributed by atoms with Gasteiger partial charge >= 0.3 is 0 Å². The number of rotatable bonds is 3. The number of carbonyl (C=O) groups is 2. The summed E-state index contributed by atoms with van der Waals surface area (Å²) in [4.78, 5) is 25.9. The smallest absolute Gasteiger partial charge is 0.254 e. The van der Waals surface area contributed by atoms with Gasteiger partial charge in [-0.1, -0.05) is 6.92 Å². The van der Waals surface area contributed by atoms with Crippen LogP contribution in [0.3, 0.4) is 0 Å². The van der Waals surface area contributed by atoms with E-state index in [2.05, 4.69) is 5.32 Å². The van der Waals surface area contributed by atoms with E-state index in [1.165, 1.54) is 29.2 Å². The number of nitrogens with zero attached hydrogens (tertiary/aromatic N) is 1. The van der Waals surface area contributed by atoms with E-state index in [1.54, 1.807) is 0 Å². The molecule has 114 valence electrons. The summed E-state index contributed by atoms with van der Waals surface area (Å²) in [5.41, 5.74) is 0.385. The summed E-state index contributed by atoms with van der Waals surface area (Å²) in [6, 6.07) is 5.32. The molecule has 1 aromatic carbocycles. The Kier molecular flexibility index (Phi) is 4.32. The molecule has 2 rings (SSSR count). The number of nitrogens with one attached hydrogen (secondary N) is 1. The first kappa shape index (κ1) is 15.5. The van der Waals surface area contributed by atoms with Gasteiger partial charge in [-0.25, -0.2) is 8.42 Å². The maximum absolute atomic E-state index is 12.5. The van der Waals surface area contributed by atoms with Crippen LogP contribution in [0.5, 0.6) is 0 Å². The first-order chi connectivity index (χ1) is 9.84. The fraction of sp³-hybridized carbons (Fsp3) is 0.429. The van der Waals surface area contributed by atoms with E-state index in [1.807, 2.05) is 6.92 Å². The summed E-state index contributed by atoms with van der Waals surface area (Å²) in [5, 5.41) is 2.74. The molecule has 21 heavy (non-hydrogen) atoms. The van der Waals surface area contributed by atoms with Crippen LogP contribution in [0.15, 0.2) is 29.2 Å². The zero-order valence-electron chi connectivity index (χ0n) is 12.0. The minimum Gasteiger partial charge on any atom is -0.353 e. The van der Waals surface area contributed by atoms with E-state index in [9.17, 15) is 18.0 Å². The van der Waals surface area contributed by atoms with Gasteiger partial charge in [-0.3, -0.25) is 9.59 Å². The summed E-state index contributed by atoms with van der Waals surface area (Å²) in [5.74, 6) is -0.401. The van der Waals surface area contributed by atoms with Crippen molar-refractivity contribution in [3.63, 3.8) is 0 Å². The first-order valence-corrected chi connectivity index (χ1v) is 8.62. The Labute approximate surface area is 124 Å². The fourth-order valence-corrected chi connectivity index (χ4v) is 3.00. The van der Waals surface area contributed by atoms with Crippen molar-refractivity contribution in [3.8, 4) is 0 Å². The van der Waals surface area contributed by atoms with Gasteiger partial charge in [0.1, 0.15) is 6.04 Å². The predicted molar refractivity (Wildman–Crippen MR) is 77.7 cm³/mol. The van der Waals surface area contributed by atoms with Crippen LogP contribution in [-0.2, 0) is 14.6 Å². The van der Waals surface area contributed by atoms with Crippen LogP contribution in [0.1, 0.15) is 23.7 Å². The molecule has 0 aromatic heterocycles. The van der Waals surface area contributed by atoms with E-state index in [-0.39, 0.29) is 16.7 Å². The van der Waals surface area contributed by atoms with Crippen molar-refractivity contribution >= 4 is 21.7 Å². The summed E-state index contributed by atoms with van der Waals surface area (Å²) in [6.45, 7) is 2.74. The highest BCUT2D eigenvalue weighted by Gasteiger charge is 2.32. The zero-order valence-corrected chi connectivity index (χ0v) is 12.8. The number of piperazine rings is 1. The second kappa shape index (κ2) is 5.85. The second-order valence-electron chi connectivity index (χ2n) is 5.01. The molecule has 6 nitrogen and oxygen atoms in total. The Morgan fingerprint density at radius 3 is 2.48 bits per heavy atom. The average Bonchev–Trinajstić information content (AvgIpc) is 2.45. The first-order valence-electron chi connectivity index (χ1n) is 6.73. The zero-order chi connectivity index (χ0) is 15.6. The topological polar surface area (TPSA) is 83.6 Å². The summed E-state index contributed by atoms with van der Waals surface area (Å²) < 4.78 is 22.8. The Morgan fingerprint density at radius 2 is 1.95 bits per heavy atom. The van der Waals surface area contributed by atoms with Crippen LogP contribution in [0.4, 0.5) is 0 Å². The molecule has 1 N–H and O–H groups in total. The largest absolute Gasteiger partial charge is 0.353 e. The van der Waals surface area contributed by atoms with Crippen molar-refractivity contribution in [1.82, 2.24) is 10.2 Å². The van der Waals surface area contributed by atoms with Crippen LogP contribution in [-0.4, -0.2) is 50.5 Å². The lowest BCUT2D eigenvalue weighted by Gasteiger charge is -2.34. The highest BCUT2D eigenvalue weighted by Crippen LogP contribution is 2.16. The minimum atomic E-state index is -3.28. The molecule has 1 aliphatic heterocycles. The average molecular weight is 310 g/mol. The van der Waals surface area contributed by atoms with E-state index < -0.39 is 15.9 Å². The monoisotopic (exact) mass is 310 g/mol. The van der Waals surface area contributed by atoms with Crippen molar-refractivity contribution in [2.45, 2.75) is 24.3 Å². The third-order valence-corrected chi connectivity index (χ3v) is 4.64. The second-order valence-corrected chi connectivity index (χ2v) is 7.03. The van der Waals surface area contributed by atoms with E-state index >= 15 is 0 Å². The van der Waals surface area contributed by atoms with Crippen LogP contribution in [0, 0.1) is 0 Å². The van der Waals surface area contributed by atoms with Gasteiger partial charge in [0.05, 0.1) is 4.90 Å². The van der Waals surface area contributed by atoms with Crippen molar-refractivity contribution in [2.75, 3.05) is 19.3 Å². The summed E-state index contributed by atoms with van der Waals surface area (Å²) in [7, 11) is -3.28. The van der Waals surface area contributed by atoms with Crippen molar-refractivity contribution < 1.29 is 18.0 Å². The highest BCUT2D eigenvalue weighted by molar-refractivity contribution is 7.90. The maximum atomic E-state index is 12.5. The summed E-state index contributed by atoms with van der Waals surface area (Å²) in [6.07, 6.45) is 1.66. The van der Waals surface area contributed by atoms with Gasteiger partial charge in [0.2, 0.25) is 5.91 Å². The lowest BCUT2D eigenvalue weighted by atomic mass is 10.1. The van der Waals surface area contributed by atoms with Crippen LogP contribution >= 0.6 is 0 Å². The molecule has 1 unspecified atom stereocenters. The van der Waals surface area contributed by atoms with Gasteiger partial charge < -0.3 is 10.2 Å². The third-order valence-electron chi connectivity index (χ3n) is 3.51.